The van der Waals surface area contributed by atoms with Crippen LogP contribution in [0.25, 0.3) is 0 Å². The van der Waals surface area contributed by atoms with E-state index in [-0.39, 0.29) is 0 Å². The van der Waals surface area contributed by atoms with Gasteiger partial charge in [0.1, 0.15) is 0 Å². The summed E-state index contributed by atoms with van der Waals surface area (Å²) in [5.74, 6) is 0. The maximum Gasteiger partial charge on any atom is 0.505 e. The number of hydrogen-bond acceptors (Lipinski definition) is 3. The topological polar surface area (TPSA) is 27.7 Å². The van der Waals surface area contributed by atoms with E-state index in [1.807, 2.05) is 0 Å². The van der Waals surface area contributed by atoms with Crippen molar-refractivity contribution < 1.29 is 17.8 Å². The van der Waals surface area contributed by atoms with Gasteiger partial charge in [-0.2, -0.15) is 0 Å². The van der Waals surface area contributed by atoms with Crippen molar-refractivity contribution in [2.24, 2.45) is 0 Å². The summed E-state index contributed by atoms with van der Waals surface area (Å²) in [7, 11) is 2.74. The van der Waals surface area contributed by atoms with E-state index in [0.717, 1.165) is 12.6 Å². The van der Waals surface area contributed by atoms with E-state index in [9.17, 15) is 0 Å². The average Bonchev–Trinajstić information content (AvgIpc) is 2.48. The normalized spacial score (nSPS) is 19.6. The molecule has 1 fully saturated rings. The Morgan fingerprint density at radius 1 is 0.895 bits per heavy atom. The van der Waals surface area contributed by atoms with Gasteiger partial charge >= 0.3 is 8.80 Å². The van der Waals surface area contributed by atoms with E-state index in [1.54, 1.807) is 21.3 Å². The van der Waals surface area contributed by atoms with Crippen LogP contribution in [0, 0.1) is 0 Å². The number of hydrogen-bond donors (Lipinski definition) is 0. The molecule has 0 spiro atoms. The van der Waals surface area contributed by atoms with Gasteiger partial charge in [0.15, 0.2) is 0 Å². The summed E-state index contributed by atoms with van der Waals surface area (Å²) >= 11 is 0. The van der Waals surface area contributed by atoms with Gasteiger partial charge in [-0.25, -0.2) is 0 Å². The minimum absolute atomic E-state index is 0.931. The van der Waals surface area contributed by atoms with Gasteiger partial charge in [-0.05, 0) is 25.7 Å². The summed E-state index contributed by atoms with van der Waals surface area (Å²) < 4.78 is 17.9. The lowest BCUT2D eigenvalue weighted by molar-refractivity contribution is -0.931. The molecular weight excluding hydrogens is 258 g/mol. The molecule has 1 rings (SSSR count). The van der Waals surface area contributed by atoms with Crippen LogP contribution in [0.15, 0.2) is 0 Å². The fraction of sp³-hybridized carbons (Fsp3) is 1.00. The molecule has 0 aromatic rings. The van der Waals surface area contributed by atoms with Crippen LogP contribution < -0.4 is 0 Å². The second-order valence-electron chi connectivity index (χ2n) is 5.70. The highest BCUT2D eigenvalue weighted by Crippen LogP contribution is 2.24. The number of likely N-dealkylation sites (tertiary alicyclic amines) is 1. The first-order valence-corrected chi connectivity index (χ1v) is 9.59. The second kappa shape index (κ2) is 8.37. The molecule has 4 nitrogen and oxygen atoms in total. The molecule has 1 saturated heterocycles. The van der Waals surface area contributed by atoms with E-state index in [0.29, 0.717) is 0 Å². The van der Waals surface area contributed by atoms with Crippen LogP contribution in [-0.4, -0.2) is 60.8 Å². The Hall–Kier alpha value is 0.0569. The van der Waals surface area contributed by atoms with Gasteiger partial charge in [0.25, 0.3) is 0 Å². The Balaban J connectivity index is 2.61. The van der Waals surface area contributed by atoms with Gasteiger partial charge in [0, 0.05) is 21.3 Å². The van der Waals surface area contributed by atoms with Crippen molar-refractivity contribution in [1.29, 1.82) is 0 Å². The lowest BCUT2D eigenvalue weighted by Gasteiger charge is -2.43. The maximum atomic E-state index is 5.56. The lowest BCUT2D eigenvalue weighted by Crippen LogP contribution is -2.56. The van der Waals surface area contributed by atoms with Crippen molar-refractivity contribution in [3.05, 3.63) is 0 Å². The zero-order valence-corrected chi connectivity index (χ0v) is 14.2. The highest BCUT2D eigenvalue weighted by atomic mass is 28.4. The minimum atomic E-state index is -2.40. The number of unbranched alkanes of at least 4 members (excludes halogenated alkanes) is 1. The molecule has 1 aliphatic rings. The van der Waals surface area contributed by atoms with E-state index in [1.165, 1.54) is 56.2 Å². The Morgan fingerprint density at radius 3 is 1.95 bits per heavy atom. The van der Waals surface area contributed by atoms with Crippen LogP contribution in [0.3, 0.4) is 0 Å². The first-order valence-electron chi connectivity index (χ1n) is 7.66. The molecular formula is C14H32NO3Si+. The highest BCUT2D eigenvalue weighted by Gasteiger charge is 2.42. The molecule has 0 N–H and O–H groups in total. The lowest BCUT2D eigenvalue weighted by atomic mass is 10.1. The molecule has 0 aromatic heterocycles. The Bertz CT molecular complexity index is 233. The molecule has 0 atom stereocenters. The molecule has 5 heteroatoms. The van der Waals surface area contributed by atoms with Gasteiger partial charge < -0.3 is 17.8 Å². The molecule has 0 radical (unpaired) electrons. The monoisotopic (exact) mass is 290 g/mol. The van der Waals surface area contributed by atoms with Crippen LogP contribution in [0.4, 0.5) is 0 Å². The van der Waals surface area contributed by atoms with Crippen LogP contribution in [0.5, 0.6) is 0 Å². The van der Waals surface area contributed by atoms with Crippen LogP contribution in [-0.2, 0) is 13.3 Å². The summed E-state index contributed by atoms with van der Waals surface area (Å²) in [6.45, 7) is 7.36. The third-order valence-electron chi connectivity index (χ3n) is 4.58. The Labute approximate surface area is 120 Å². The predicted molar refractivity (Wildman–Crippen MR) is 80.1 cm³/mol. The second-order valence-corrected chi connectivity index (χ2v) is 8.79. The van der Waals surface area contributed by atoms with E-state index in [2.05, 4.69) is 6.92 Å². The summed E-state index contributed by atoms with van der Waals surface area (Å²) in [6, 6.07) is 0.931. The average molecular weight is 291 g/mol. The SMILES string of the molecule is CCCC[N+]1(CC[Si](OC)(OC)OC)CCCCC1. The first kappa shape index (κ1) is 17.1. The predicted octanol–water partition coefficient (Wildman–Crippen LogP) is 2.67. The summed E-state index contributed by atoms with van der Waals surface area (Å²) in [5, 5.41) is 0. The van der Waals surface area contributed by atoms with Crippen molar-refractivity contribution in [2.45, 2.75) is 45.1 Å². The van der Waals surface area contributed by atoms with E-state index >= 15 is 0 Å². The molecule has 0 aromatic carbocycles. The van der Waals surface area contributed by atoms with Crippen molar-refractivity contribution in [2.75, 3.05) is 47.5 Å². The summed E-state index contributed by atoms with van der Waals surface area (Å²) in [6.07, 6.45) is 6.73. The number of quaternary nitrogens is 1. The minimum Gasteiger partial charge on any atom is -0.377 e. The quantitative estimate of drug-likeness (QED) is 0.483. The van der Waals surface area contributed by atoms with E-state index in [4.69, 9.17) is 13.3 Å². The molecule has 114 valence electrons. The summed E-state index contributed by atoms with van der Waals surface area (Å²) in [4.78, 5) is 0. The van der Waals surface area contributed by atoms with Crippen LogP contribution in [0.1, 0.15) is 39.0 Å². The molecule has 1 aliphatic heterocycles. The third kappa shape index (κ3) is 4.83. The molecule has 1 heterocycles. The van der Waals surface area contributed by atoms with Crippen molar-refractivity contribution in [1.82, 2.24) is 0 Å². The standard InChI is InChI=1S/C14H32NO3Si/c1-5-6-10-15(11-8-7-9-12-15)13-14-19(16-2,17-3)18-4/h5-14H2,1-4H3/q+1. The number of rotatable bonds is 9. The largest absolute Gasteiger partial charge is 0.505 e. The number of nitrogens with zero attached hydrogens (tertiary/aromatic N) is 1. The molecule has 0 aliphatic carbocycles. The van der Waals surface area contributed by atoms with Crippen molar-refractivity contribution in [3.63, 3.8) is 0 Å². The molecule has 19 heavy (non-hydrogen) atoms. The molecule has 0 amide bonds. The first-order chi connectivity index (χ1) is 9.16. The van der Waals surface area contributed by atoms with Crippen LogP contribution in [0.2, 0.25) is 6.04 Å². The van der Waals surface area contributed by atoms with E-state index < -0.39 is 8.80 Å². The highest BCUT2D eigenvalue weighted by molar-refractivity contribution is 6.60. The van der Waals surface area contributed by atoms with Crippen LogP contribution >= 0.6 is 0 Å². The zero-order chi connectivity index (χ0) is 14.2. The molecule has 0 unspecified atom stereocenters. The van der Waals surface area contributed by atoms with Gasteiger partial charge in [-0.3, -0.25) is 0 Å². The van der Waals surface area contributed by atoms with Crippen molar-refractivity contribution >= 4 is 8.80 Å². The Morgan fingerprint density at radius 2 is 1.47 bits per heavy atom. The van der Waals surface area contributed by atoms with Gasteiger partial charge in [-0.1, -0.05) is 13.3 Å². The molecule has 0 saturated carbocycles. The van der Waals surface area contributed by atoms with Gasteiger partial charge in [0.05, 0.1) is 32.2 Å². The van der Waals surface area contributed by atoms with Gasteiger partial charge in [-0.15, -0.1) is 0 Å². The zero-order valence-electron chi connectivity index (χ0n) is 13.2. The molecule has 0 bridgehead atoms. The third-order valence-corrected chi connectivity index (χ3v) is 7.28. The number of piperidine rings is 1. The van der Waals surface area contributed by atoms with Crippen molar-refractivity contribution in [3.8, 4) is 0 Å². The Kier molecular flexibility index (Phi) is 7.53. The fourth-order valence-electron chi connectivity index (χ4n) is 3.17. The summed E-state index contributed by atoms with van der Waals surface area (Å²) in [5.41, 5.74) is 0. The maximum absolute atomic E-state index is 5.56. The van der Waals surface area contributed by atoms with Gasteiger partial charge in [0.2, 0.25) is 0 Å². The fourth-order valence-corrected chi connectivity index (χ4v) is 5.03. The smallest absolute Gasteiger partial charge is 0.377 e.